The van der Waals surface area contributed by atoms with E-state index in [2.05, 4.69) is 4.98 Å². The second-order valence-corrected chi connectivity index (χ2v) is 4.73. The molecule has 0 N–H and O–H groups in total. The Kier molecular flexibility index (Phi) is 3.91. The van der Waals surface area contributed by atoms with Gasteiger partial charge in [-0.15, -0.1) is 0 Å². The van der Waals surface area contributed by atoms with Crippen molar-refractivity contribution in [2.75, 3.05) is 7.05 Å². The second kappa shape index (κ2) is 5.61. The van der Waals surface area contributed by atoms with Crippen molar-refractivity contribution in [3.8, 4) is 6.07 Å². The van der Waals surface area contributed by atoms with Gasteiger partial charge in [-0.05, 0) is 25.0 Å². The normalized spacial score (nSPS) is 15.9. The molecule has 19 heavy (non-hydrogen) atoms. The lowest BCUT2D eigenvalue weighted by Crippen LogP contribution is -2.39. The molecule has 5 heteroatoms. The van der Waals surface area contributed by atoms with Crippen LogP contribution in [0.25, 0.3) is 0 Å². The van der Waals surface area contributed by atoms with Gasteiger partial charge in [-0.25, -0.2) is 4.98 Å². The fraction of sp³-hybridized carbons (Fsp3) is 0.429. The summed E-state index contributed by atoms with van der Waals surface area (Å²) in [6.07, 6.45) is 3.92. The summed E-state index contributed by atoms with van der Waals surface area (Å²) in [5.41, 5.74) is 0.765. The van der Waals surface area contributed by atoms with Crippen LogP contribution in [0.2, 0.25) is 0 Å². The number of nitrogens with zero attached hydrogens (tertiary/aromatic N) is 3. The Morgan fingerprint density at radius 1 is 1.42 bits per heavy atom. The number of hydrogen-bond acceptors (Lipinski definition) is 4. The van der Waals surface area contributed by atoms with Crippen molar-refractivity contribution in [2.24, 2.45) is 0 Å². The molecule has 1 aliphatic rings. The monoisotopic (exact) mass is 257 g/mol. The van der Waals surface area contributed by atoms with Crippen molar-refractivity contribution >= 4 is 11.7 Å². The number of aromatic nitrogens is 1. The summed E-state index contributed by atoms with van der Waals surface area (Å²) in [6.45, 7) is 0. The van der Waals surface area contributed by atoms with Crippen molar-refractivity contribution in [1.29, 1.82) is 5.26 Å². The number of amides is 1. The average Bonchev–Trinajstić information content (AvgIpc) is 2.46. The fourth-order valence-electron chi connectivity index (χ4n) is 2.24. The number of carbonyl (C=O) groups excluding carboxylic acids is 2. The maximum Gasteiger partial charge on any atom is 0.272 e. The van der Waals surface area contributed by atoms with Gasteiger partial charge in [0.05, 0.1) is 5.56 Å². The molecule has 2 rings (SSSR count). The molecule has 0 bridgehead atoms. The minimum Gasteiger partial charge on any atom is -0.337 e. The van der Waals surface area contributed by atoms with Crippen LogP contribution in [-0.2, 0) is 4.79 Å². The number of rotatable bonds is 2. The molecule has 0 atom stereocenters. The zero-order valence-corrected chi connectivity index (χ0v) is 10.8. The van der Waals surface area contributed by atoms with Crippen molar-refractivity contribution in [2.45, 2.75) is 31.7 Å². The van der Waals surface area contributed by atoms with E-state index in [4.69, 9.17) is 5.26 Å². The first kappa shape index (κ1) is 13.2. The largest absolute Gasteiger partial charge is 0.337 e. The maximum atomic E-state index is 12.2. The molecule has 98 valence electrons. The van der Waals surface area contributed by atoms with Gasteiger partial charge >= 0.3 is 0 Å². The molecule has 1 aromatic heterocycles. The molecule has 0 spiro atoms. The fourth-order valence-corrected chi connectivity index (χ4v) is 2.24. The third-order valence-electron chi connectivity index (χ3n) is 3.49. The highest BCUT2D eigenvalue weighted by Gasteiger charge is 2.26. The topological polar surface area (TPSA) is 74.1 Å². The summed E-state index contributed by atoms with van der Waals surface area (Å²) in [5.74, 6) is 0.109. The second-order valence-electron chi connectivity index (χ2n) is 4.73. The van der Waals surface area contributed by atoms with Gasteiger partial charge in [-0.2, -0.15) is 5.26 Å². The van der Waals surface area contributed by atoms with Crippen molar-refractivity contribution < 1.29 is 9.59 Å². The van der Waals surface area contributed by atoms with E-state index in [1.54, 1.807) is 24.1 Å². The molecule has 0 saturated heterocycles. The lowest BCUT2D eigenvalue weighted by Gasteiger charge is -2.30. The van der Waals surface area contributed by atoms with E-state index in [-0.39, 0.29) is 17.7 Å². The van der Waals surface area contributed by atoms with Crippen LogP contribution < -0.4 is 0 Å². The third kappa shape index (κ3) is 2.97. The van der Waals surface area contributed by atoms with Gasteiger partial charge in [0.2, 0.25) is 0 Å². The molecular formula is C14H15N3O2. The van der Waals surface area contributed by atoms with Gasteiger partial charge < -0.3 is 4.90 Å². The minimum atomic E-state index is -0.163. The van der Waals surface area contributed by atoms with Crippen LogP contribution >= 0.6 is 0 Å². The van der Waals surface area contributed by atoms with Crippen molar-refractivity contribution in [3.63, 3.8) is 0 Å². The van der Waals surface area contributed by atoms with Gasteiger partial charge in [-0.1, -0.05) is 0 Å². The number of nitriles is 1. The Morgan fingerprint density at radius 2 is 2.11 bits per heavy atom. The first-order valence-electron chi connectivity index (χ1n) is 6.27. The van der Waals surface area contributed by atoms with Gasteiger partial charge in [0.25, 0.3) is 5.91 Å². The highest BCUT2D eigenvalue weighted by Crippen LogP contribution is 2.20. The predicted octanol–water partition coefficient (Wildman–Crippen LogP) is 1.54. The summed E-state index contributed by atoms with van der Waals surface area (Å²) < 4.78 is 0. The zero-order valence-electron chi connectivity index (χ0n) is 10.8. The Balaban J connectivity index is 2.06. The average molecular weight is 257 g/mol. The van der Waals surface area contributed by atoms with Crippen LogP contribution in [-0.4, -0.2) is 34.7 Å². The van der Waals surface area contributed by atoms with Crippen LogP contribution in [0.1, 0.15) is 41.7 Å². The Hall–Kier alpha value is -2.22. The first-order valence-corrected chi connectivity index (χ1v) is 6.27. The molecule has 1 aromatic rings. The van der Waals surface area contributed by atoms with E-state index in [1.807, 2.05) is 6.07 Å². The van der Waals surface area contributed by atoms with Crippen LogP contribution in [0.3, 0.4) is 0 Å². The molecule has 1 saturated carbocycles. The van der Waals surface area contributed by atoms with Crippen molar-refractivity contribution in [1.82, 2.24) is 9.88 Å². The van der Waals surface area contributed by atoms with Gasteiger partial charge in [-0.3, -0.25) is 9.59 Å². The zero-order chi connectivity index (χ0) is 13.8. The smallest absolute Gasteiger partial charge is 0.272 e. The van der Waals surface area contributed by atoms with Crippen LogP contribution in [0.15, 0.2) is 18.3 Å². The standard InChI is InChI=1S/C14H15N3O2/c1-17(11-3-5-12(18)6-4-11)14(19)13-7-2-10(8-15)9-16-13/h2,7,9,11H,3-6H2,1H3. The predicted molar refractivity (Wildman–Crippen MR) is 68.3 cm³/mol. The van der Waals surface area contributed by atoms with Gasteiger partial charge in [0, 0.05) is 32.1 Å². The molecule has 1 heterocycles. The summed E-state index contributed by atoms with van der Waals surface area (Å²) in [6, 6.07) is 5.21. The lowest BCUT2D eigenvalue weighted by atomic mass is 9.93. The number of hydrogen-bond donors (Lipinski definition) is 0. The highest BCUT2D eigenvalue weighted by atomic mass is 16.2. The lowest BCUT2D eigenvalue weighted by molar-refractivity contribution is -0.121. The molecule has 0 aliphatic heterocycles. The first-order chi connectivity index (χ1) is 9.11. The summed E-state index contributed by atoms with van der Waals surface area (Å²) in [5, 5.41) is 8.69. The van der Waals surface area contributed by atoms with Crippen molar-refractivity contribution in [3.05, 3.63) is 29.6 Å². The molecule has 1 aliphatic carbocycles. The van der Waals surface area contributed by atoms with E-state index in [9.17, 15) is 9.59 Å². The SMILES string of the molecule is CN(C(=O)c1ccc(C#N)cn1)C1CCC(=O)CC1. The molecule has 0 radical (unpaired) electrons. The van der Waals surface area contributed by atoms with Gasteiger partial charge in [0.1, 0.15) is 17.5 Å². The number of carbonyl (C=O) groups is 2. The number of pyridine rings is 1. The summed E-state index contributed by atoms with van der Waals surface area (Å²) >= 11 is 0. The molecule has 1 amide bonds. The molecular weight excluding hydrogens is 242 g/mol. The van der Waals surface area contributed by atoms with E-state index in [0.29, 0.717) is 24.1 Å². The number of Topliss-reactive ketones (excluding diaryl/α,β-unsaturated/α-hetero) is 1. The summed E-state index contributed by atoms with van der Waals surface area (Å²) in [4.78, 5) is 29.1. The molecule has 0 unspecified atom stereocenters. The molecule has 0 aromatic carbocycles. The Bertz CT molecular complexity index is 521. The van der Waals surface area contributed by atoms with Crippen LogP contribution in [0.5, 0.6) is 0 Å². The van der Waals surface area contributed by atoms with E-state index < -0.39 is 0 Å². The quantitative estimate of drug-likeness (QED) is 0.805. The van der Waals surface area contributed by atoms with Gasteiger partial charge in [0.15, 0.2) is 0 Å². The number of ketones is 1. The third-order valence-corrected chi connectivity index (χ3v) is 3.49. The highest BCUT2D eigenvalue weighted by molar-refractivity contribution is 5.92. The minimum absolute atomic E-state index is 0.0997. The van der Waals surface area contributed by atoms with E-state index >= 15 is 0 Å². The van der Waals surface area contributed by atoms with Crippen LogP contribution in [0.4, 0.5) is 0 Å². The van der Waals surface area contributed by atoms with E-state index in [1.165, 1.54) is 6.20 Å². The maximum absolute atomic E-state index is 12.2. The Morgan fingerprint density at radius 3 is 2.63 bits per heavy atom. The summed E-state index contributed by atoms with van der Waals surface area (Å²) in [7, 11) is 1.74. The Labute approximate surface area is 111 Å². The molecule has 5 nitrogen and oxygen atoms in total. The molecule has 1 fully saturated rings. The van der Waals surface area contributed by atoms with E-state index in [0.717, 1.165) is 12.8 Å². The van der Waals surface area contributed by atoms with Crippen LogP contribution in [0, 0.1) is 11.3 Å².